The van der Waals surface area contributed by atoms with Gasteiger partial charge < -0.3 is 10.5 Å². The van der Waals surface area contributed by atoms with Crippen LogP contribution in [0.3, 0.4) is 0 Å². The molecule has 1 aliphatic heterocycles. The molecular formula is C13H27N3O3S. The molecule has 0 bridgehead atoms. The van der Waals surface area contributed by atoms with E-state index >= 15 is 0 Å². The Balaban J connectivity index is 2.04. The first kappa shape index (κ1) is 16.2. The fourth-order valence-electron chi connectivity index (χ4n) is 3.26. The number of hydrogen-bond acceptors (Lipinski definition) is 4. The minimum atomic E-state index is -3.46. The van der Waals surface area contributed by atoms with Crippen molar-refractivity contribution >= 4 is 10.2 Å². The lowest BCUT2D eigenvalue weighted by molar-refractivity contribution is -0.0913. The predicted octanol–water partition coefficient (Wildman–Crippen LogP) is 0.448. The first-order valence-electron chi connectivity index (χ1n) is 7.35. The fraction of sp³-hybridized carbons (Fsp3) is 1.00. The number of piperidine rings is 1. The van der Waals surface area contributed by atoms with Gasteiger partial charge in [0.05, 0.1) is 6.10 Å². The van der Waals surface area contributed by atoms with Crippen molar-refractivity contribution < 1.29 is 13.2 Å². The standard InChI is InChI=1S/C13H27N3O3S/c1-13(2)11(8-12(13)19-3)15-20(17,18)16-7-5-4-6-10(16)9-14/h10-12,15H,4-9,14H2,1-3H3. The van der Waals surface area contributed by atoms with E-state index in [0.717, 1.165) is 25.7 Å². The second kappa shape index (κ2) is 5.88. The lowest BCUT2D eigenvalue weighted by Crippen LogP contribution is -2.64. The van der Waals surface area contributed by atoms with E-state index in [0.29, 0.717) is 13.1 Å². The molecule has 7 heteroatoms. The molecule has 0 aromatic heterocycles. The van der Waals surface area contributed by atoms with Crippen molar-refractivity contribution in [1.29, 1.82) is 0 Å². The molecule has 0 radical (unpaired) electrons. The number of hydrogen-bond donors (Lipinski definition) is 2. The molecule has 0 aromatic rings. The molecule has 0 aromatic carbocycles. The van der Waals surface area contributed by atoms with Crippen molar-refractivity contribution in [3.8, 4) is 0 Å². The lowest BCUT2D eigenvalue weighted by Gasteiger charge is -2.51. The van der Waals surface area contributed by atoms with Crippen LogP contribution < -0.4 is 10.5 Å². The average Bonchev–Trinajstić information content (AvgIpc) is 2.43. The normalized spacial score (nSPS) is 34.7. The Hall–Kier alpha value is -0.210. The van der Waals surface area contributed by atoms with Crippen LogP contribution in [0.15, 0.2) is 0 Å². The first-order chi connectivity index (χ1) is 9.32. The Bertz CT molecular complexity index is 438. The number of methoxy groups -OCH3 is 1. The summed E-state index contributed by atoms with van der Waals surface area (Å²) in [6.45, 7) is 5.02. The van der Waals surface area contributed by atoms with Gasteiger partial charge in [-0.1, -0.05) is 20.3 Å². The van der Waals surface area contributed by atoms with Gasteiger partial charge in [0.1, 0.15) is 0 Å². The SMILES string of the molecule is COC1CC(NS(=O)(=O)N2CCCCC2CN)C1(C)C. The zero-order chi connectivity index (χ0) is 15.0. The summed E-state index contributed by atoms with van der Waals surface area (Å²) in [4.78, 5) is 0. The first-order valence-corrected chi connectivity index (χ1v) is 8.79. The molecule has 6 nitrogen and oxygen atoms in total. The van der Waals surface area contributed by atoms with E-state index in [-0.39, 0.29) is 23.6 Å². The van der Waals surface area contributed by atoms with Crippen LogP contribution in [0.4, 0.5) is 0 Å². The zero-order valence-corrected chi connectivity index (χ0v) is 13.4. The van der Waals surface area contributed by atoms with E-state index in [1.54, 1.807) is 11.4 Å². The highest BCUT2D eigenvalue weighted by atomic mass is 32.2. The summed E-state index contributed by atoms with van der Waals surface area (Å²) in [6.07, 6.45) is 3.65. The summed E-state index contributed by atoms with van der Waals surface area (Å²) >= 11 is 0. The molecule has 2 aliphatic rings. The maximum atomic E-state index is 12.6. The Labute approximate surface area is 122 Å². The molecule has 20 heavy (non-hydrogen) atoms. The van der Waals surface area contributed by atoms with Crippen LogP contribution in [0.1, 0.15) is 39.5 Å². The van der Waals surface area contributed by atoms with Gasteiger partial charge in [0, 0.05) is 37.7 Å². The highest BCUT2D eigenvalue weighted by Crippen LogP contribution is 2.43. The van der Waals surface area contributed by atoms with Gasteiger partial charge in [-0.3, -0.25) is 0 Å². The molecular weight excluding hydrogens is 278 g/mol. The minimum absolute atomic E-state index is 0.0670. The molecule has 2 fully saturated rings. The maximum Gasteiger partial charge on any atom is 0.280 e. The second-order valence-corrected chi connectivity index (χ2v) is 8.11. The third kappa shape index (κ3) is 2.87. The summed E-state index contributed by atoms with van der Waals surface area (Å²) in [7, 11) is -1.79. The summed E-state index contributed by atoms with van der Waals surface area (Å²) < 4.78 is 34.9. The number of rotatable bonds is 5. The third-order valence-corrected chi connectivity index (χ3v) is 6.59. The molecule has 2 rings (SSSR count). The topological polar surface area (TPSA) is 84.7 Å². The van der Waals surface area contributed by atoms with Crippen molar-refractivity contribution in [2.75, 3.05) is 20.2 Å². The molecule has 118 valence electrons. The molecule has 1 heterocycles. The van der Waals surface area contributed by atoms with Gasteiger partial charge >= 0.3 is 0 Å². The fourth-order valence-corrected chi connectivity index (χ4v) is 5.11. The second-order valence-electron chi connectivity index (χ2n) is 6.45. The smallest absolute Gasteiger partial charge is 0.280 e. The Morgan fingerprint density at radius 1 is 1.40 bits per heavy atom. The van der Waals surface area contributed by atoms with E-state index in [1.807, 2.05) is 13.8 Å². The Morgan fingerprint density at radius 3 is 2.65 bits per heavy atom. The van der Waals surface area contributed by atoms with Crippen molar-refractivity contribution in [3.63, 3.8) is 0 Å². The number of nitrogens with one attached hydrogen (secondary N) is 1. The molecule has 1 aliphatic carbocycles. The van der Waals surface area contributed by atoms with Crippen LogP contribution in [0.5, 0.6) is 0 Å². The van der Waals surface area contributed by atoms with Crippen LogP contribution in [0.2, 0.25) is 0 Å². The van der Waals surface area contributed by atoms with Gasteiger partial charge in [-0.15, -0.1) is 0 Å². The molecule has 3 unspecified atom stereocenters. The van der Waals surface area contributed by atoms with Crippen molar-refractivity contribution in [2.45, 2.75) is 57.7 Å². The van der Waals surface area contributed by atoms with Crippen LogP contribution in [0, 0.1) is 5.41 Å². The number of nitrogens with zero attached hydrogens (tertiary/aromatic N) is 1. The third-order valence-electron chi connectivity index (χ3n) is 4.91. The van der Waals surface area contributed by atoms with Crippen LogP contribution >= 0.6 is 0 Å². The van der Waals surface area contributed by atoms with Gasteiger partial charge in [0.25, 0.3) is 10.2 Å². The molecule has 3 atom stereocenters. The van der Waals surface area contributed by atoms with E-state index in [2.05, 4.69) is 4.72 Å². The predicted molar refractivity (Wildman–Crippen MR) is 78.4 cm³/mol. The monoisotopic (exact) mass is 305 g/mol. The van der Waals surface area contributed by atoms with Gasteiger partial charge in [-0.25, -0.2) is 0 Å². The highest BCUT2D eigenvalue weighted by Gasteiger charge is 2.51. The summed E-state index contributed by atoms with van der Waals surface area (Å²) in [5.41, 5.74) is 5.54. The van der Waals surface area contributed by atoms with Gasteiger partial charge in [-0.05, 0) is 19.3 Å². The van der Waals surface area contributed by atoms with Crippen LogP contribution in [0.25, 0.3) is 0 Å². The quantitative estimate of drug-likeness (QED) is 0.772. The number of nitrogens with two attached hydrogens (primary N) is 1. The molecule has 3 N–H and O–H groups in total. The van der Waals surface area contributed by atoms with E-state index < -0.39 is 10.2 Å². The Kier molecular flexibility index (Phi) is 4.76. The van der Waals surface area contributed by atoms with Crippen LogP contribution in [-0.4, -0.2) is 51.1 Å². The summed E-state index contributed by atoms with van der Waals surface area (Å²) in [6, 6.07) is -0.138. The van der Waals surface area contributed by atoms with Gasteiger partial charge in [0.15, 0.2) is 0 Å². The van der Waals surface area contributed by atoms with E-state index in [1.165, 1.54) is 0 Å². The van der Waals surface area contributed by atoms with Gasteiger partial charge in [-0.2, -0.15) is 17.4 Å². The summed E-state index contributed by atoms with van der Waals surface area (Å²) in [5.74, 6) is 0. The van der Waals surface area contributed by atoms with Crippen molar-refractivity contribution in [2.24, 2.45) is 11.1 Å². The molecule has 0 amide bonds. The van der Waals surface area contributed by atoms with Crippen LogP contribution in [-0.2, 0) is 14.9 Å². The van der Waals surface area contributed by atoms with E-state index in [9.17, 15) is 8.42 Å². The van der Waals surface area contributed by atoms with Crippen molar-refractivity contribution in [1.82, 2.24) is 9.03 Å². The van der Waals surface area contributed by atoms with E-state index in [4.69, 9.17) is 10.5 Å². The zero-order valence-electron chi connectivity index (χ0n) is 12.6. The highest BCUT2D eigenvalue weighted by molar-refractivity contribution is 7.87. The average molecular weight is 305 g/mol. The molecule has 0 spiro atoms. The minimum Gasteiger partial charge on any atom is -0.381 e. The number of ether oxygens (including phenoxy) is 1. The van der Waals surface area contributed by atoms with Crippen molar-refractivity contribution in [3.05, 3.63) is 0 Å². The molecule has 1 saturated heterocycles. The Morgan fingerprint density at radius 2 is 2.10 bits per heavy atom. The molecule has 1 saturated carbocycles. The lowest BCUT2D eigenvalue weighted by atomic mass is 9.65. The van der Waals surface area contributed by atoms with Gasteiger partial charge in [0.2, 0.25) is 0 Å². The summed E-state index contributed by atoms with van der Waals surface area (Å²) in [5, 5.41) is 0. The maximum absolute atomic E-state index is 12.6. The largest absolute Gasteiger partial charge is 0.381 e.